The van der Waals surface area contributed by atoms with Crippen LogP contribution in [0.4, 0.5) is 0 Å². The van der Waals surface area contributed by atoms with Gasteiger partial charge in [-0.05, 0) is 86.8 Å². The molecule has 1 atom stereocenters. The molecule has 0 radical (unpaired) electrons. The van der Waals surface area contributed by atoms with Gasteiger partial charge in [0.05, 0.1) is 0 Å². The molecule has 4 bridgehead atoms. The summed E-state index contributed by atoms with van der Waals surface area (Å²) in [7, 11) is 2.11. The molecular formula is C18H26N2. The summed E-state index contributed by atoms with van der Waals surface area (Å²) in [6.07, 6.45) is 14.3. The van der Waals surface area contributed by atoms with E-state index in [2.05, 4.69) is 29.5 Å². The first-order chi connectivity index (χ1) is 9.76. The molecule has 1 heterocycles. The highest BCUT2D eigenvalue weighted by molar-refractivity contribution is 5.15. The summed E-state index contributed by atoms with van der Waals surface area (Å²) in [4.78, 5) is 4.31. The number of nitrogens with zero attached hydrogens (tertiary/aromatic N) is 1. The van der Waals surface area contributed by atoms with Crippen LogP contribution in [0.25, 0.3) is 0 Å². The third-order valence-electron chi connectivity index (χ3n) is 6.24. The Balaban J connectivity index is 1.55. The number of nitrogens with one attached hydrogen (secondary N) is 1. The molecular weight excluding hydrogens is 244 g/mol. The molecule has 4 aliphatic carbocycles. The van der Waals surface area contributed by atoms with E-state index in [0.717, 1.165) is 17.8 Å². The van der Waals surface area contributed by atoms with Crippen molar-refractivity contribution in [1.82, 2.24) is 10.3 Å². The molecule has 0 aliphatic heterocycles. The first-order valence-electron chi connectivity index (χ1n) is 8.33. The minimum absolute atomic E-state index is 0.486. The second-order valence-electron chi connectivity index (χ2n) is 7.75. The van der Waals surface area contributed by atoms with Crippen molar-refractivity contribution < 1.29 is 0 Å². The maximum Gasteiger partial charge on any atom is 0.0338 e. The number of pyridine rings is 1. The average Bonchev–Trinajstić information content (AvgIpc) is 2.44. The molecule has 2 nitrogen and oxygen atoms in total. The van der Waals surface area contributed by atoms with Crippen molar-refractivity contribution in [3.8, 4) is 0 Å². The van der Waals surface area contributed by atoms with Gasteiger partial charge in [0.15, 0.2) is 0 Å². The monoisotopic (exact) mass is 270 g/mol. The quantitative estimate of drug-likeness (QED) is 0.896. The van der Waals surface area contributed by atoms with E-state index in [-0.39, 0.29) is 0 Å². The van der Waals surface area contributed by atoms with Gasteiger partial charge < -0.3 is 5.32 Å². The molecule has 1 aromatic rings. The number of aromatic nitrogens is 1. The minimum Gasteiger partial charge on any atom is -0.313 e. The number of hydrogen-bond donors (Lipinski definition) is 1. The van der Waals surface area contributed by atoms with Crippen molar-refractivity contribution >= 4 is 0 Å². The first kappa shape index (κ1) is 12.8. The zero-order valence-electron chi connectivity index (χ0n) is 12.5. The summed E-state index contributed by atoms with van der Waals surface area (Å²) < 4.78 is 0. The molecule has 108 valence electrons. The number of hydrogen-bond acceptors (Lipinski definition) is 2. The van der Waals surface area contributed by atoms with Gasteiger partial charge in [-0.3, -0.25) is 4.98 Å². The summed E-state index contributed by atoms with van der Waals surface area (Å²) in [5.41, 5.74) is 2.00. The van der Waals surface area contributed by atoms with E-state index in [0.29, 0.717) is 11.5 Å². The van der Waals surface area contributed by atoms with Crippen LogP contribution in [0.1, 0.15) is 56.6 Å². The van der Waals surface area contributed by atoms with E-state index in [4.69, 9.17) is 0 Å². The summed E-state index contributed by atoms with van der Waals surface area (Å²) in [5.74, 6) is 3.15. The van der Waals surface area contributed by atoms with E-state index in [1.807, 2.05) is 12.4 Å². The topological polar surface area (TPSA) is 24.9 Å². The Morgan fingerprint density at radius 1 is 1.20 bits per heavy atom. The molecule has 1 N–H and O–H groups in total. The Morgan fingerprint density at radius 3 is 2.35 bits per heavy atom. The lowest BCUT2D eigenvalue weighted by molar-refractivity contribution is -0.0619. The lowest BCUT2D eigenvalue weighted by atomic mass is 9.48. The Morgan fingerprint density at radius 2 is 1.85 bits per heavy atom. The van der Waals surface area contributed by atoms with Crippen LogP contribution in [-0.2, 0) is 0 Å². The van der Waals surface area contributed by atoms with Crippen LogP contribution in [0.15, 0.2) is 24.5 Å². The fraction of sp³-hybridized carbons (Fsp3) is 0.722. The molecule has 0 amide bonds. The SMILES string of the molecule is CNC(CC12CC3CC(CC(C3)C1)C2)c1cccnc1. The van der Waals surface area contributed by atoms with Gasteiger partial charge in [-0.25, -0.2) is 0 Å². The summed E-state index contributed by atoms with van der Waals surface area (Å²) in [6, 6.07) is 4.79. The Labute approximate surface area is 122 Å². The van der Waals surface area contributed by atoms with Crippen molar-refractivity contribution in [3.05, 3.63) is 30.1 Å². The molecule has 0 spiro atoms. The standard InChI is InChI=1S/C18H26N2/c1-19-17(16-3-2-4-20-12-16)11-18-8-13-5-14(9-18)7-15(6-13)10-18/h2-4,12-15,17,19H,5-11H2,1H3. The van der Waals surface area contributed by atoms with Gasteiger partial charge in [0.25, 0.3) is 0 Å². The van der Waals surface area contributed by atoms with Crippen molar-refractivity contribution in [3.63, 3.8) is 0 Å². The second kappa shape index (κ2) is 4.84. The zero-order valence-corrected chi connectivity index (χ0v) is 12.5. The zero-order chi connectivity index (χ0) is 13.6. The Bertz CT molecular complexity index is 432. The van der Waals surface area contributed by atoms with Gasteiger partial charge in [-0.2, -0.15) is 0 Å². The lowest BCUT2D eigenvalue weighted by Gasteiger charge is -2.57. The van der Waals surface area contributed by atoms with E-state index < -0.39 is 0 Å². The largest absolute Gasteiger partial charge is 0.313 e. The molecule has 4 saturated carbocycles. The van der Waals surface area contributed by atoms with Crippen LogP contribution in [-0.4, -0.2) is 12.0 Å². The fourth-order valence-corrected chi connectivity index (χ4v) is 5.94. The first-order valence-corrected chi connectivity index (χ1v) is 8.33. The van der Waals surface area contributed by atoms with E-state index in [9.17, 15) is 0 Å². The predicted octanol–water partition coefficient (Wildman–Crippen LogP) is 3.95. The van der Waals surface area contributed by atoms with Gasteiger partial charge in [0.1, 0.15) is 0 Å². The van der Waals surface area contributed by atoms with E-state index >= 15 is 0 Å². The molecule has 5 rings (SSSR count). The van der Waals surface area contributed by atoms with Crippen molar-refractivity contribution in [2.75, 3.05) is 7.05 Å². The van der Waals surface area contributed by atoms with Gasteiger partial charge in [0.2, 0.25) is 0 Å². The van der Waals surface area contributed by atoms with Crippen LogP contribution in [0.5, 0.6) is 0 Å². The number of rotatable bonds is 4. The maximum atomic E-state index is 4.31. The Hall–Kier alpha value is -0.890. The highest BCUT2D eigenvalue weighted by Crippen LogP contribution is 2.62. The molecule has 4 aliphatic rings. The third kappa shape index (κ3) is 2.18. The van der Waals surface area contributed by atoms with Gasteiger partial charge in [0, 0.05) is 18.4 Å². The van der Waals surface area contributed by atoms with Gasteiger partial charge >= 0.3 is 0 Å². The minimum atomic E-state index is 0.486. The fourth-order valence-electron chi connectivity index (χ4n) is 5.94. The normalized spacial score (nSPS) is 40.0. The highest BCUT2D eigenvalue weighted by atomic mass is 14.9. The smallest absolute Gasteiger partial charge is 0.0338 e. The van der Waals surface area contributed by atoms with E-state index in [1.54, 1.807) is 0 Å². The van der Waals surface area contributed by atoms with Crippen molar-refractivity contribution in [1.29, 1.82) is 0 Å². The van der Waals surface area contributed by atoms with Crippen LogP contribution in [0.3, 0.4) is 0 Å². The van der Waals surface area contributed by atoms with E-state index in [1.165, 1.54) is 50.5 Å². The van der Waals surface area contributed by atoms with Gasteiger partial charge in [-0.1, -0.05) is 6.07 Å². The molecule has 0 saturated heterocycles. The third-order valence-corrected chi connectivity index (χ3v) is 6.24. The van der Waals surface area contributed by atoms with Crippen molar-refractivity contribution in [2.45, 2.75) is 51.0 Å². The van der Waals surface area contributed by atoms with Gasteiger partial charge in [-0.15, -0.1) is 0 Å². The summed E-state index contributed by atoms with van der Waals surface area (Å²) in [5, 5.41) is 3.55. The molecule has 4 fully saturated rings. The molecule has 20 heavy (non-hydrogen) atoms. The maximum absolute atomic E-state index is 4.31. The molecule has 1 unspecified atom stereocenters. The van der Waals surface area contributed by atoms with Crippen LogP contribution >= 0.6 is 0 Å². The molecule has 0 aromatic carbocycles. The molecule has 1 aromatic heterocycles. The summed E-state index contributed by atoms with van der Waals surface area (Å²) in [6.45, 7) is 0. The van der Waals surface area contributed by atoms with Crippen LogP contribution in [0.2, 0.25) is 0 Å². The van der Waals surface area contributed by atoms with Crippen LogP contribution < -0.4 is 5.32 Å². The molecule has 2 heteroatoms. The van der Waals surface area contributed by atoms with Crippen LogP contribution in [0, 0.1) is 23.2 Å². The average molecular weight is 270 g/mol. The highest BCUT2D eigenvalue weighted by Gasteiger charge is 2.51. The lowest BCUT2D eigenvalue weighted by Crippen LogP contribution is -2.47. The Kier molecular flexibility index (Phi) is 3.10. The van der Waals surface area contributed by atoms with Crippen molar-refractivity contribution in [2.24, 2.45) is 23.2 Å². The summed E-state index contributed by atoms with van der Waals surface area (Å²) >= 11 is 0. The second-order valence-corrected chi connectivity index (χ2v) is 7.75. The predicted molar refractivity (Wildman–Crippen MR) is 81.3 cm³/mol.